The lowest BCUT2D eigenvalue weighted by Crippen LogP contribution is -2.19. The molecular weight excluding hydrogens is 222 g/mol. The third-order valence-corrected chi connectivity index (χ3v) is 3.07. The Bertz CT molecular complexity index is 318. The van der Waals surface area contributed by atoms with E-state index in [1.165, 1.54) is 11.1 Å². The van der Waals surface area contributed by atoms with Crippen LogP contribution in [0.4, 0.5) is 0 Å². The second kappa shape index (κ2) is 8.28. The maximum absolute atomic E-state index is 8.75. The molecule has 0 amide bonds. The summed E-state index contributed by atoms with van der Waals surface area (Å²) in [6.45, 7) is 6.85. The monoisotopic (exact) mass is 249 g/mol. The van der Waals surface area contributed by atoms with Gasteiger partial charge >= 0.3 is 0 Å². The molecule has 0 bridgehead atoms. The lowest BCUT2D eigenvalue weighted by atomic mass is 10.0. The molecule has 0 radical (unpaired) electrons. The number of hydrogen-bond donors (Lipinski definition) is 1. The molecule has 0 aliphatic heterocycles. The average Bonchev–Trinajstić information content (AvgIpc) is 2.31. The van der Waals surface area contributed by atoms with E-state index in [9.17, 15) is 0 Å². The van der Waals surface area contributed by atoms with Gasteiger partial charge in [0.25, 0.3) is 0 Å². The third kappa shape index (κ3) is 6.18. The fourth-order valence-corrected chi connectivity index (χ4v) is 2.14. The van der Waals surface area contributed by atoms with E-state index in [4.69, 9.17) is 5.11 Å². The van der Waals surface area contributed by atoms with Crippen molar-refractivity contribution in [1.82, 2.24) is 4.90 Å². The van der Waals surface area contributed by atoms with E-state index >= 15 is 0 Å². The SMILES string of the molecule is CC(C)Cc1ccc(CN(C)CCCCO)cc1. The van der Waals surface area contributed by atoms with E-state index in [0.717, 1.165) is 38.3 Å². The van der Waals surface area contributed by atoms with Crippen molar-refractivity contribution in [3.05, 3.63) is 35.4 Å². The lowest BCUT2D eigenvalue weighted by molar-refractivity contribution is 0.261. The molecule has 0 saturated heterocycles. The van der Waals surface area contributed by atoms with Crippen LogP contribution in [0.1, 0.15) is 37.8 Å². The van der Waals surface area contributed by atoms with Gasteiger partial charge in [-0.05, 0) is 49.9 Å². The minimum atomic E-state index is 0.303. The van der Waals surface area contributed by atoms with E-state index in [1.54, 1.807) is 0 Å². The minimum Gasteiger partial charge on any atom is -0.396 e. The molecule has 0 aliphatic rings. The van der Waals surface area contributed by atoms with Crippen LogP contribution >= 0.6 is 0 Å². The highest BCUT2D eigenvalue weighted by molar-refractivity contribution is 5.22. The Hall–Kier alpha value is -0.860. The van der Waals surface area contributed by atoms with E-state index in [0.29, 0.717) is 6.61 Å². The molecule has 1 aromatic carbocycles. The van der Waals surface area contributed by atoms with E-state index in [-0.39, 0.29) is 0 Å². The van der Waals surface area contributed by atoms with Crippen LogP contribution in [-0.2, 0) is 13.0 Å². The van der Waals surface area contributed by atoms with Crippen LogP contribution < -0.4 is 0 Å². The molecule has 1 rings (SSSR count). The highest BCUT2D eigenvalue weighted by atomic mass is 16.2. The highest BCUT2D eigenvalue weighted by Crippen LogP contribution is 2.11. The summed E-state index contributed by atoms with van der Waals surface area (Å²) in [6.07, 6.45) is 3.13. The minimum absolute atomic E-state index is 0.303. The number of aliphatic hydroxyl groups is 1. The molecule has 2 heteroatoms. The summed E-state index contributed by atoms with van der Waals surface area (Å²) in [4.78, 5) is 2.31. The molecule has 102 valence electrons. The van der Waals surface area contributed by atoms with Crippen molar-refractivity contribution in [2.45, 2.75) is 39.7 Å². The molecule has 18 heavy (non-hydrogen) atoms. The second-order valence-corrected chi connectivity index (χ2v) is 5.58. The van der Waals surface area contributed by atoms with E-state index in [2.05, 4.69) is 50.1 Å². The number of benzene rings is 1. The maximum atomic E-state index is 8.75. The summed E-state index contributed by atoms with van der Waals surface area (Å²) in [7, 11) is 2.14. The molecule has 0 aliphatic carbocycles. The number of nitrogens with zero attached hydrogens (tertiary/aromatic N) is 1. The fraction of sp³-hybridized carbons (Fsp3) is 0.625. The predicted octanol–water partition coefficient (Wildman–Crippen LogP) is 3.09. The molecule has 0 fully saturated rings. The molecule has 0 saturated carbocycles. The Balaban J connectivity index is 2.38. The normalized spacial score (nSPS) is 11.4. The highest BCUT2D eigenvalue weighted by Gasteiger charge is 2.01. The van der Waals surface area contributed by atoms with Gasteiger partial charge in [0, 0.05) is 13.2 Å². The third-order valence-electron chi connectivity index (χ3n) is 3.07. The van der Waals surface area contributed by atoms with Crippen LogP contribution in [0.2, 0.25) is 0 Å². The molecule has 0 aromatic heterocycles. The summed E-state index contributed by atoms with van der Waals surface area (Å²) in [5.41, 5.74) is 2.80. The molecule has 1 aromatic rings. The number of hydrogen-bond acceptors (Lipinski definition) is 2. The Labute approximate surface area is 112 Å². The predicted molar refractivity (Wildman–Crippen MR) is 77.6 cm³/mol. The van der Waals surface area contributed by atoms with Crippen molar-refractivity contribution in [3.8, 4) is 0 Å². The summed E-state index contributed by atoms with van der Waals surface area (Å²) >= 11 is 0. The van der Waals surface area contributed by atoms with Gasteiger partial charge < -0.3 is 10.0 Å². The maximum Gasteiger partial charge on any atom is 0.0431 e. The number of rotatable bonds is 8. The smallest absolute Gasteiger partial charge is 0.0431 e. The van der Waals surface area contributed by atoms with E-state index in [1.807, 2.05) is 0 Å². The zero-order valence-corrected chi connectivity index (χ0v) is 12.0. The quantitative estimate of drug-likeness (QED) is 0.716. The second-order valence-electron chi connectivity index (χ2n) is 5.58. The Morgan fingerprint density at radius 1 is 1.06 bits per heavy atom. The summed E-state index contributed by atoms with van der Waals surface area (Å²) < 4.78 is 0. The van der Waals surface area contributed by atoms with Crippen LogP contribution in [0.15, 0.2) is 24.3 Å². The first-order valence-electron chi connectivity index (χ1n) is 6.99. The van der Waals surface area contributed by atoms with E-state index < -0.39 is 0 Å². The van der Waals surface area contributed by atoms with Crippen LogP contribution in [0, 0.1) is 5.92 Å². The van der Waals surface area contributed by atoms with Crippen LogP contribution in [0.25, 0.3) is 0 Å². The average molecular weight is 249 g/mol. The van der Waals surface area contributed by atoms with Crippen LogP contribution in [0.3, 0.4) is 0 Å². The van der Waals surface area contributed by atoms with Gasteiger partial charge in [-0.3, -0.25) is 0 Å². The molecule has 1 N–H and O–H groups in total. The molecule has 0 unspecified atom stereocenters. The van der Waals surface area contributed by atoms with Crippen molar-refractivity contribution in [2.75, 3.05) is 20.2 Å². The molecular formula is C16H27NO. The van der Waals surface area contributed by atoms with Crippen LogP contribution in [-0.4, -0.2) is 30.2 Å². The first-order chi connectivity index (χ1) is 8.61. The molecule has 0 atom stereocenters. The van der Waals surface area contributed by atoms with Crippen molar-refractivity contribution in [1.29, 1.82) is 0 Å². The van der Waals surface area contributed by atoms with Crippen molar-refractivity contribution in [2.24, 2.45) is 5.92 Å². The van der Waals surface area contributed by atoms with Crippen molar-refractivity contribution >= 4 is 0 Å². The topological polar surface area (TPSA) is 23.5 Å². The van der Waals surface area contributed by atoms with Crippen molar-refractivity contribution < 1.29 is 5.11 Å². The van der Waals surface area contributed by atoms with Gasteiger partial charge in [0.1, 0.15) is 0 Å². The van der Waals surface area contributed by atoms with Crippen LogP contribution in [0.5, 0.6) is 0 Å². The van der Waals surface area contributed by atoms with Gasteiger partial charge in [-0.15, -0.1) is 0 Å². The Kier molecular flexibility index (Phi) is 6.99. The first kappa shape index (κ1) is 15.2. The Morgan fingerprint density at radius 3 is 2.22 bits per heavy atom. The van der Waals surface area contributed by atoms with Gasteiger partial charge in [-0.2, -0.15) is 0 Å². The first-order valence-corrected chi connectivity index (χ1v) is 6.99. The standard InChI is InChI=1S/C16H27NO/c1-14(2)12-15-6-8-16(9-7-15)13-17(3)10-4-5-11-18/h6-9,14,18H,4-5,10-13H2,1-3H3. The zero-order chi connectivity index (χ0) is 13.4. The lowest BCUT2D eigenvalue weighted by Gasteiger charge is -2.16. The molecule has 2 nitrogen and oxygen atoms in total. The number of unbranched alkanes of at least 4 members (excludes halogenated alkanes) is 1. The number of aliphatic hydroxyl groups excluding tert-OH is 1. The molecule has 0 heterocycles. The Morgan fingerprint density at radius 2 is 1.67 bits per heavy atom. The van der Waals surface area contributed by atoms with Gasteiger partial charge in [0.15, 0.2) is 0 Å². The summed E-state index contributed by atoms with van der Waals surface area (Å²) in [5, 5.41) is 8.75. The van der Waals surface area contributed by atoms with Gasteiger partial charge in [0.05, 0.1) is 0 Å². The van der Waals surface area contributed by atoms with Gasteiger partial charge in [-0.1, -0.05) is 38.1 Å². The summed E-state index contributed by atoms with van der Waals surface area (Å²) in [6, 6.07) is 8.97. The molecule has 0 spiro atoms. The largest absolute Gasteiger partial charge is 0.396 e. The van der Waals surface area contributed by atoms with Gasteiger partial charge in [0.2, 0.25) is 0 Å². The fourth-order valence-electron chi connectivity index (χ4n) is 2.14. The van der Waals surface area contributed by atoms with Crippen molar-refractivity contribution in [3.63, 3.8) is 0 Å². The van der Waals surface area contributed by atoms with Gasteiger partial charge in [-0.25, -0.2) is 0 Å². The zero-order valence-electron chi connectivity index (χ0n) is 12.0. The summed E-state index contributed by atoms with van der Waals surface area (Å²) in [5.74, 6) is 0.719.